The maximum atomic E-state index is 5.45. The molecule has 2 rings (SSSR count). The highest BCUT2D eigenvalue weighted by atomic mass is 16.5. The Morgan fingerprint density at radius 3 is 2.78 bits per heavy atom. The summed E-state index contributed by atoms with van der Waals surface area (Å²) in [5.41, 5.74) is 0.996. The van der Waals surface area contributed by atoms with Crippen molar-refractivity contribution in [2.75, 3.05) is 25.0 Å². The number of hydrogen-bond donors (Lipinski definition) is 2. The predicted octanol–water partition coefficient (Wildman–Crippen LogP) is 1.74. The molecule has 0 amide bonds. The number of aryl methyl sites for hydroxylation is 1. The van der Waals surface area contributed by atoms with E-state index in [0.29, 0.717) is 18.4 Å². The molecule has 1 saturated heterocycles. The normalized spacial score (nSPS) is 18.4. The van der Waals surface area contributed by atoms with Crippen LogP contribution in [0.4, 0.5) is 5.95 Å². The molecule has 0 bridgehead atoms. The monoisotopic (exact) mass is 250 g/mol. The topological polar surface area (TPSA) is 59.1 Å². The van der Waals surface area contributed by atoms with Gasteiger partial charge >= 0.3 is 0 Å². The summed E-state index contributed by atoms with van der Waals surface area (Å²) in [5, 5.41) is 6.82. The molecule has 1 aliphatic heterocycles. The van der Waals surface area contributed by atoms with Crippen LogP contribution in [0.15, 0.2) is 6.07 Å². The molecule has 1 aromatic rings. The molecule has 1 aromatic heterocycles. The summed E-state index contributed by atoms with van der Waals surface area (Å²) in [7, 11) is 0. The number of nitrogens with zero attached hydrogens (tertiary/aromatic N) is 2. The quantitative estimate of drug-likeness (QED) is 0.852. The first-order chi connectivity index (χ1) is 8.61. The molecule has 1 fully saturated rings. The summed E-state index contributed by atoms with van der Waals surface area (Å²) >= 11 is 0. The number of rotatable bonds is 4. The third kappa shape index (κ3) is 3.32. The molecule has 18 heavy (non-hydrogen) atoms. The maximum Gasteiger partial charge on any atom is 0.226 e. The highest BCUT2D eigenvalue weighted by molar-refractivity contribution is 5.34. The average molecular weight is 250 g/mol. The number of ether oxygens (including phenoxy) is 1. The molecule has 0 radical (unpaired) electrons. The van der Waals surface area contributed by atoms with E-state index < -0.39 is 0 Å². The fourth-order valence-corrected chi connectivity index (χ4v) is 2.19. The molecular formula is C13H22N4O. The van der Waals surface area contributed by atoms with Crippen molar-refractivity contribution in [3.05, 3.63) is 11.8 Å². The summed E-state index contributed by atoms with van der Waals surface area (Å²) in [4.78, 5) is 8.83. The van der Waals surface area contributed by atoms with E-state index in [1.807, 2.05) is 19.9 Å². The Balaban J connectivity index is 2.12. The second-order valence-electron chi connectivity index (χ2n) is 5.04. The van der Waals surface area contributed by atoms with Crippen LogP contribution in [0.1, 0.15) is 32.4 Å². The minimum absolute atomic E-state index is 0.0720. The van der Waals surface area contributed by atoms with Gasteiger partial charge in [0.25, 0.3) is 0 Å². The van der Waals surface area contributed by atoms with Crippen LogP contribution in [0.2, 0.25) is 0 Å². The van der Waals surface area contributed by atoms with Crippen molar-refractivity contribution in [2.45, 2.75) is 39.2 Å². The van der Waals surface area contributed by atoms with Crippen molar-refractivity contribution in [3.63, 3.8) is 0 Å². The van der Waals surface area contributed by atoms with Gasteiger partial charge in [-0.25, -0.2) is 4.98 Å². The first-order valence-electron chi connectivity index (χ1n) is 6.59. The minimum Gasteiger partial charge on any atom is -0.478 e. The third-order valence-electron chi connectivity index (χ3n) is 3.24. The molecule has 2 N–H and O–H groups in total. The van der Waals surface area contributed by atoms with E-state index in [0.717, 1.165) is 31.6 Å². The number of anilines is 1. The summed E-state index contributed by atoms with van der Waals surface area (Å²) in [6.45, 7) is 8.83. The second-order valence-corrected chi connectivity index (χ2v) is 5.04. The van der Waals surface area contributed by atoms with Gasteiger partial charge in [0.1, 0.15) is 0 Å². The number of aromatic nitrogens is 2. The first-order valence-corrected chi connectivity index (χ1v) is 6.59. The van der Waals surface area contributed by atoms with Gasteiger partial charge in [-0.3, -0.25) is 0 Å². The van der Waals surface area contributed by atoms with Gasteiger partial charge in [-0.2, -0.15) is 4.98 Å². The largest absolute Gasteiger partial charge is 0.478 e. The number of piperidine rings is 1. The Kier molecular flexibility index (Phi) is 4.01. The van der Waals surface area contributed by atoms with Crippen molar-refractivity contribution in [3.8, 4) is 5.88 Å². The van der Waals surface area contributed by atoms with E-state index in [1.165, 1.54) is 0 Å². The molecule has 100 valence electrons. The first kappa shape index (κ1) is 13.1. The van der Waals surface area contributed by atoms with Gasteiger partial charge in [-0.05, 0) is 46.7 Å². The zero-order valence-electron chi connectivity index (χ0n) is 11.4. The standard InChI is InChI=1S/C13H22N4O/c1-4-18-11-9-10(2)15-12(16-11)17-13(3)5-7-14-8-6-13/h9,14H,4-8H2,1-3H3,(H,15,16,17). The van der Waals surface area contributed by atoms with Crippen LogP contribution in [-0.4, -0.2) is 35.2 Å². The van der Waals surface area contributed by atoms with Crippen LogP contribution in [0.25, 0.3) is 0 Å². The lowest BCUT2D eigenvalue weighted by molar-refractivity contribution is 0.324. The van der Waals surface area contributed by atoms with E-state index >= 15 is 0 Å². The van der Waals surface area contributed by atoms with Crippen LogP contribution in [-0.2, 0) is 0 Å². The summed E-state index contributed by atoms with van der Waals surface area (Å²) in [6, 6.07) is 1.86. The zero-order chi connectivity index (χ0) is 13.0. The van der Waals surface area contributed by atoms with Crippen molar-refractivity contribution >= 4 is 5.95 Å². The smallest absolute Gasteiger partial charge is 0.226 e. The van der Waals surface area contributed by atoms with Gasteiger partial charge < -0.3 is 15.4 Å². The van der Waals surface area contributed by atoms with Crippen LogP contribution in [0.5, 0.6) is 5.88 Å². The molecule has 0 unspecified atom stereocenters. The van der Waals surface area contributed by atoms with Crippen LogP contribution in [0.3, 0.4) is 0 Å². The van der Waals surface area contributed by atoms with Gasteiger partial charge in [0, 0.05) is 17.3 Å². The SMILES string of the molecule is CCOc1cc(C)nc(NC2(C)CCNCC2)n1. The van der Waals surface area contributed by atoms with Gasteiger partial charge in [0.15, 0.2) is 0 Å². The fraction of sp³-hybridized carbons (Fsp3) is 0.692. The molecule has 5 nitrogen and oxygen atoms in total. The van der Waals surface area contributed by atoms with Gasteiger partial charge in [0.2, 0.25) is 11.8 Å². The van der Waals surface area contributed by atoms with Crippen LogP contribution < -0.4 is 15.4 Å². The Hall–Kier alpha value is -1.36. The molecule has 0 aromatic carbocycles. The minimum atomic E-state index is 0.0720. The molecular weight excluding hydrogens is 228 g/mol. The summed E-state index contributed by atoms with van der Waals surface area (Å²) < 4.78 is 5.45. The van der Waals surface area contributed by atoms with Crippen molar-refractivity contribution in [1.82, 2.24) is 15.3 Å². The lowest BCUT2D eigenvalue weighted by Crippen LogP contribution is -2.45. The van der Waals surface area contributed by atoms with Gasteiger partial charge in [-0.1, -0.05) is 0 Å². The van der Waals surface area contributed by atoms with E-state index in [1.54, 1.807) is 0 Å². The van der Waals surface area contributed by atoms with E-state index in [4.69, 9.17) is 4.74 Å². The molecule has 0 aliphatic carbocycles. The zero-order valence-corrected chi connectivity index (χ0v) is 11.4. The Labute approximate surface area is 108 Å². The summed E-state index contributed by atoms with van der Waals surface area (Å²) in [6.07, 6.45) is 2.16. The molecule has 5 heteroatoms. The van der Waals surface area contributed by atoms with Crippen molar-refractivity contribution in [1.29, 1.82) is 0 Å². The predicted molar refractivity (Wildman–Crippen MR) is 72.1 cm³/mol. The third-order valence-corrected chi connectivity index (χ3v) is 3.24. The van der Waals surface area contributed by atoms with E-state index in [9.17, 15) is 0 Å². The second kappa shape index (κ2) is 5.52. The van der Waals surface area contributed by atoms with Gasteiger partial charge in [0.05, 0.1) is 6.61 Å². The molecule has 1 aliphatic rings. The average Bonchev–Trinajstić information content (AvgIpc) is 2.28. The van der Waals surface area contributed by atoms with Crippen molar-refractivity contribution < 1.29 is 4.74 Å². The van der Waals surface area contributed by atoms with Crippen molar-refractivity contribution in [2.24, 2.45) is 0 Å². The Bertz CT molecular complexity index is 402. The summed E-state index contributed by atoms with van der Waals surface area (Å²) in [5.74, 6) is 1.31. The highest BCUT2D eigenvalue weighted by Crippen LogP contribution is 2.23. The highest BCUT2D eigenvalue weighted by Gasteiger charge is 2.27. The lowest BCUT2D eigenvalue weighted by Gasteiger charge is -2.35. The molecule has 0 spiro atoms. The lowest BCUT2D eigenvalue weighted by atomic mass is 9.91. The molecule has 2 heterocycles. The van der Waals surface area contributed by atoms with Crippen LogP contribution >= 0.6 is 0 Å². The van der Waals surface area contributed by atoms with Gasteiger partial charge in [-0.15, -0.1) is 0 Å². The number of nitrogens with one attached hydrogen (secondary N) is 2. The molecule has 0 atom stereocenters. The van der Waals surface area contributed by atoms with Crippen LogP contribution in [0, 0.1) is 6.92 Å². The van der Waals surface area contributed by atoms with E-state index in [-0.39, 0.29) is 5.54 Å². The Morgan fingerprint density at radius 2 is 2.11 bits per heavy atom. The fourth-order valence-electron chi connectivity index (χ4n) is 2.19. The van der Waals surface area contributed by atoms with E-state index in [2.05, 4.69) is 27.5 Å². The Morgan fingerprint density at radius 1 is 1.39 bits per heavy atom. The molecule has 0 saturated carbocycles. The maximum absolute atomic E-state index is 5.45. The number of hydrogen-bond acceptors (Lipinski definition) is 5.